The van der Waals surface area contributed by atoms with Crippen LogP contribution in [0.25, 0.3) is 21.3 Å². The summed E-state index contributed by atoms with van der Waals surface area (Å²) in [6.07, 6.45) is 1.58. The molecule has 26 heavy (non-hydrogen) atoms. The van der Waals surface area contributed by atoms with E-state index in [1.54, 1.807) is 17.7 Å². The Morgan fingerprint density at radius 1 is 1.04 bits per heavy atom. The Morgan fingerprint density at radius 2 is 1.81 bits per heavy atom. The number of thiophene rings is 1. The van der Waals surface area contributed by atoms with Gasteiger partial charge in [-0.05, 0) is 48.5 Å². The van der Waals surface area contributed by atoms with Gasteiger partial charge < -0.3 is 5.32 Å². The van der Waals surface area contributed by atoms with Gasteiger partial charge >= 0.3 is 0 Å². The van der Waals surface area contributed by atoms with Gasteiger partial charge in [0.2, 0.25) is 0 Å². The second-order valence-corrected chi connectivity index (χ2v) is 7.48. The molecule has 2 aromatic carbocycles. The standard InChI is InChI=1S/C20H14N4S2/c1-13-2-4-14(5-3-13)17-10-25-20-18(17)19(22-12-23-20)24-15-6-8-16(9-7-15)26-11-21/h2-10,12H,1H3,(H,22,23,24). The molecule has 4 rings (SSSR count). The number of benzene rings is 2. The summed E-state index contributed by atoms with van der Waals surface area (Å²) in [6, 6.07) is 16.2. The third-order valence-corrected chi connectivity index (χ3v) is 5.50. The van der Waals surface area contributed by atoms with Gasteiger partial charge in [-0.15, -0.1) is 11.3 Å². The maximum atomic E-state index is 8.76. The van der Waals surface area contributed by atoms with Gasteiger partial charge in [0.25, 0.3) is 0 Å². The van der Waals surface area contributed by atoms with Crippen molar-refractivity contribution in [3.8, 4) is 16.5 Å². The number of nitriles is 1. The van der Waals surface area contributed by atoms with Crippen molar-refractivity contribution in [1.29, 1.82) is 5.26 Å². The van der Waals surface area contributed by atoms with E-state index in [9.17, 15) is 0 Å². The van der Waals surface area contributed by atoms with Crippen LogP contribution in [0.1, 0.15) is 5.56 Å². The summed E-state index contributed by atoms with van der Waals surface area (Å²) >= 11 is 2.77. The Kier molecular flexibility index (Phi) is 4.57. The van der Waals surface area contributed by atoms with Crippen LogP contribution in [0.4, 0.5) is 11.5 Å². The van der Waals surface area contributed by atoms with Gasteiger partial charge in [0.05, 0.1) is 5.39 Å². The number of hydrogen-bond donors (Lipinski definition) is 1. The summed E-state index contributed by atoms with van der Waals surface area (Å²) in [5.74, 6) is 0.785. The van der Waals surface area contributed by atoms with E-state index in [0.717, 1.165) is 49.5 Å². The van der Waals surface area contributed by atoms with Crippen molar-refractivity contribution in [2.24, 2.45) is 0 Å². The van der Waals surface area contributed by atoms with E-state index in [4.69, 9.17) is 5.26 Å². The Morgan fingerprint density at radius 3 is 2.54 bits per heavy atom. The lowest BCUT2D eigenvalue weighted by Crippen LogP contribution is -1.95. The molecule has 0 atom stereocenters. The first-order chi connectivity index (χ1) is 12.7. The van der Waals surface area contributed by atoms with Gasteiger partial charge in [-0.1, -0.05) is 29.8 Å². The first kappa shape index (κ1) is 16.6. The van der Waals surface area contributed by atoms with Crippen LogP contribution in [0.5, 0.6) is 0 Å². The summed E-state index contributed by atoms with van der Waals surface area (Å²) in [5.41, 5.74) is 4.44. The molecular weight excluding hydrogens is 360 g/mol. The van der Waals surface area contributed by atoms with Gasteiger partial charge in [0, 0.05) is 21.5 Å². The Balaban J connectivity index is 1.74. The highest BCUT2D eigenvalue weighted by molar-refractivity contribution is 8.03. The molecular formula is C20H14N4S2. The Bertz CT molecular complexity index is 1090. The largest absolute Gasteiger partial charge is 0.340 e. The number of anilines is 2. The molecule has 0 saturated heterocycles. The zero-order chi connectivity index (χ0) is 17.9. The average Bonchev–Trinajstić information content (AvgIpc) is 3.09. The van der Waals surface area contributed by atoms with Crippen LogP contribution in [0.2, 0.25) is 0 Å². The van der Waals surface area contributed by atoms with E-state index in [1.165, 1.54) is 5.56 Å². The average molecular weight is 374 g/mol. The van der Waals surface area contributed by atoms with Crippen molar-refractivity contribution in [3.63, 3.8) is 0 Å². The topological polar surface area (TPSA) is 61.6 Å². The summed E-state index contributed by atoms with van der Waals surface area (Å²) in [5, 5.41) is 17.4. The zero-order valence-electron chi connectivity index (χ0n) is 13.9. The van der Waals surface area contributed by atoms with Gasteiger partial charge in [-0.25, -0.2) is 9.97 Å². The molecule has 1 N–H and O–H groups in total. The minimum absolute atomic E-state index is 0.785. The highest BCUT2D eigenvalue weighted by Gasteiger charge is 2.13. The van der Waals surface area contributed by atoms with E-state index in [2.05, 4.69) is 57.3 Å². The van der Waals surface area contributed by atoms with Crippen LogP contribution in [-0.4, -0.2) is 9.97 Å². The number of rotatable bonds is 4. The lowest BCUT2D eigenvalue weighted by Gasteiger charge is -2.09. The van der Waals surface area contributed by atoms with E-state index in [-0.39, 0.29) is 0 Å². The third-order valence-electron chi connectivity index (χ3n) is 4.01. The number of nitrogens with one attached hydrogen (secondary N) is 1. The number of nitrogens with zero attached hydrogens (tertiary/aromatic N) is 3. The fourth-order valence-electron chi connectivity index (χ4n) is 2.71. The number of thiocyanates is 1. The van der Waals surface area contributed by atoms with E-state index in [0.29, 0.717) is 0 Å². The lowest BCUT2D eigenvalue weighted by molar-refractivity contribution is 1.23. The predicted octanol–water partition coefficient (Wildman–Crippen LogP) is 5.98. The number of fused-ring (bicyclic) bond motifs is 1. The van der Waals surface area contributed by atoms with E-state index < -0.39 is 0 Å². The first-order valence-corrected chi connectivity index (χ1v) is 9.66. The molecule has 0 spiro atoms. The molecule has 2 heterocycles. The molecule has 0 unspecified atom stereocenters. The van der Waals surface area contributed by atoms with E-state index >= 15 is 0 Å². The minimum atomic E-state index is 0.785. The van der Waals surface area contributed by atoms with Crippen LogP contribution >= 0.6 is 23.1 Å². The number of aryl methyl sites for hydroxylation is 1. The highest BCUT2D eigenvalue weighted by Crippen LogP contribution is 2.37. The Hall–Kier alpha value is -2.88. The molecule has 4 aromatic rings. The normalized spacial score (nSPS) is 10.6. The Labute approximate surface area is 159 Å². The van der Waals surface area contributed by atoms with E-state index in [1.807, 2.05) is 24.3 Å². The SMILES string of the molecule is Cc1ccc(-c2csc3ncnc(Nc4ccc(SC#N)cc4)c23)cc1. The molecule has 0 saturated carbocycles. The summed E-state index contributed by atoms with van der Waals surface area (Å²) in [4.78, 5) is 10.7. The molecule has 0 fully saturated rings. The predicted molar refractivity (Wildman–Crippen MR) is 109 cm³/mol. The number of hydrogen-bond acceptors (Lipinski definition) is 6. The zero-order valence-corrected chi connectivity index (χ0v) is 15.6. The van der Waals surface area contributed by atoms with Crippen molar-refractivity contribution in [2.75, 3.05) is 5.32 Å². The van der Waals surface area contributed by atoms with Crippen LogP contribution < -0.4 is 5.32 Å². The van der Waals surface area contributed by atoms with Crippen molar-refractivity contribution >= 4 is 44.8 Å². The molecule has 126 valence electrons. The molecule has 2 aromatic heterocycles. The van der Waals surface area contributed by atoms with Crippen LogP contribution in [0, 0.1) is 17.6 Å². The maximum Gasteiger partial charge on any atom is 0.143 e. The van der Waals surface area contributed by atoms with Gasteiger partial charge in [0.1, 0.15) is 22.4 Å². The molecule has 4 nitrogen and oxygen atoms in total. The third kappa shape index (κ3) is 3.27. The van der Waals surface area contributed by atoms with Crippen molar-refractivity contribution in [1.82, 2.24) is 9.97 Å². The van der Waals surface area contributed by atoms with Gasteiger partial charge in [-0.2, -0.15) is 5.26 Å². The van der Waals surface area contributed by atoms with Gasteiger partial charge in [-0.3, -0.25) is 0 Å². The molecule has 0 radical (unpaired) electrons. The van der Waals surface area contributed by atoms with Gasteiger partial charge in [0.15, 0.2) is 0 Å². The number of aromatic nitrogens is 2. The monoisotopic (exact) mass is 374 g/mol. The number of thioether (sulfide) groups is 1. The smallest absolute Gasteiger partial charge is 0.143 e. The maximum absolute atomic E-state index is 8.76. The van der Waals surface area contributed by atoms with Crippen LogP contribution in [0.15, 0.2) is 65.1 Å². The molecule has 0 aliphatic carbocycles. The van der Waals surface area contributed by atoms with Crippen molar-refractivity contribution < 1.29 is 0 Å². The summed E-state index contributed by atoms with van der Waals surface area (Å²) in [6.45, 7) is 2.08. The second kappa shape index (κ2) is 7.16. The molecule has 0 bridgehead atoms. The van der Waals surface area contributed by atoms with Crippen LogP contribution in [-0.2, 0) is 0 Å². The van der Waals surface area contributed by atoms with Crippen molar-refractivity contribution in [3.05, 3.63) is 65.8 Å². The lowest BCUT2D eigenvalue weighted by atomic mass is 10.0. The summed E-state index contributed by atoms with van der Waals surface area (Å²) < 4.78 is 0. The van der Waals surface area contributed by atoms with Crippen LogP contribution in [0.3, 0.4) is 0 Å². The molecule has 0 aliphatic heterocycles. The van der Waals surface area contributed by atoms with Crippen molar-refractivity contribution in [2.45, 2.75) is 11.8 Å². The molecule has 0 aliphatic rings. The quantitative estimate of drug-likeness (QED) is 0.351. The minimum Gasteiger partial charge on any atom is -0.340 e. The first-order valence-electron chi connectivity index (χ1n) is 7.97. The fraction of sp³-hybridized carbons (Fsp3) is 0.0500. The fourth-order valence-corrected chi connectivity index (χ4v) is 4.00. The second-order valence-electron chi connectivity index (χ2n) is 5.76. The molecule has 0 amide bonds. The molecule has 6 heteroatoms. The highest BCUT2D eigenvalue weighted by atomic mass is 32.2. The summed E-state index contributed by atoms with van der Waals surface area (Å²) in [7, 11) is 0.